The van der Waals surface area contributed by atoms with E-state index >= 15 is 0 Å². The Balaban J connectivity index is 2.29. The monoisotopic (exact) mass is 289 g/mol. The number of piperazine rings is 1. The number of halogens is 3. The van der Waals surface area contributed by atoms with Gasteiger partial charge in [-0.25, -0.2) is 9.97 Å². The summed E-state index contributed by atoms with van der Waals surface area (Å²) < 4.78 is 38.5. The average Bonchev–Trinajstić information content (AvgIpc) is 2.38. The maximum absolute atomic E-state index is 12.8. The van der Waals surface area contributed by atoms with Gasteiger partial charge in [0.25, 0.3) is 0 Å². The molecule has 5 nitrogen and oxygen atoms in total. The number of rotatable bonds is 3. The first-order valence-electron chi connectivity index (χ1n) is 6.54. The Hall–Kier alpha value is -1.57. The topological polar surface area (TPSA) is 44.3 Å². The lowest BCUT2D eigenvalue weighted by atomic mass is 10.3. The van der Waals surface area contributed by atoms with E-state index < -0.39 is 12.0 Å². The minimum atomic E-state index is -4.53. The summed E-state index contributed by atoms with van der Waals surface area (Å²) in [6, 6.07) is 1.57. The molecule has 1 aromatic heterocycles. The number of nitrogens with one attached hydrogen (secondary N) is 1. The predicted molar refractivity (Wildman–Crippen MR) is 70.9 cm³/mol. The van der Waals surface area contributed by atoms with Crippen LogP contribution in [-0.2, 0) is 6.18 Å². The molecule has 1 fully saturated rings. The molecule has 0 saturated carbocycles. The van der Waals surface area contributed by atoms with Gasteiger partial charge in [-0.05, 0) is 14.0 Å². The zero-order valence-electron chi connectivity index (χ0n) is 11.5. The van der Waals surface area contributed by atoms with Gasteiger partial charge in [0.2, 0.25) is 5.82 Å². The number of nitrogens with zero attached hydrogens (tertiary/aromatic N) is 4. The SMILES string of the molecule is CCNc1cc(N2CCN(C)CC2)nc(C(F)(F)F)n1. The molecule has 0 aromatic carbocycles. The maximum Gasteiger partial charge on any atom is 0.451 e. The van der Waals surface area contributed by atoms with E-state index in [4.69, 9.17) is 0 Å². The fourth-order valence-electron chi connectivity index (χ4n) is 2.03. The van der Waals surface area contributed by atoms with Crippen LogP contribution in [0.15, 0.2) is 6.07 Å². The zero-order valence-corrected chi connectivity index (χ0v) is 11.5. The van der Waals surface area contributed by atoms with E-state index in [1.54, 1.807) is 6.07 Å². The van der Waals surface area contributed by atoms with Crippen molar-refractivity contribution in [1.82, 2.24) is 14.9 Å². The molecule has 112 valence electrons. The van der Waals surface area contributed by atoms with Gasteiger partial charge in [0.05, 0.1) is 0 Å². The molecule has 1 N–H and O–H groups in total. The van der Waals surface area contributed by atoms with E-state index in [1.807, 2.05) is 18.9 Å². The van der Waals surface area contributed by atoms with Gasteiger partial charge in [-0.3, -0.25) is 0 Å². The van der Waals surface area contributed by atoms with Crippen molar-refractivity contribution in [2.75, 3.05) is 50.0 Å². The number of hydrogen-bond donors (Lipinski definition) is 1. The van der Waals surface area contributed by atoms with Crippen LogP contribution < -0.4 is 10.2 Å². The van der Waals surface area contributed by atoms with E-state index in [0.717, 1.165) is 13.1 Å². The van der Waals surface area contributed by atoms with E-state index in [-0.39, 0.29) is 5.82 Å². The van der Waals surface area contributed by atoms with Crippen molar-refractivity contribution < 1.29 is 13.2 Å². The van der Waals surface area contributed by atoms with Crippen LogP contribution in [0, 0.1) is 0 Å². The first-order chi connectivity index (χ1) is 9.40. The lowest BCUT2D eigenvalue weighted by Gasteiger charge is -2.33. The van der Waals surface area contributed by atoms with Crippen LogP contribution in [0.3, 0.4) is 0 Å². The lowest BCUT2D eigenvalue weighted by Crippen LogP contribution is -2.45. The van der Waals surface area contributed by atoms with Crippen molar-refractivity contribution in [2.45, 2.75) is 13.1 Å². The number of hydrogen-bond acceptors (Lipinski definition) is 5. The van der Waals surface area contributed by atoms with E-state index in [0.29, 0.717) is 25.5 Å². The van der Waals surface area contributed by atoms with E-state index in [9.17, 15) is 13.2 Å². The summed E-state index contributed by atoms with van der Waals surface area (Å²) in [7, 11) is 1.99. The van der Waals surface area contributed by atoms with Gasteiger partial charge in [-0.2, -0.15) is 13.2 Å². The molecule has 0 unspecified atom stereocenters. The highest BCUT2D eigenvalue weighted by Crippen LogP contribution is 2.29. The van der Waals surface area contributed by atoms with Crippen LogP contribution >= 0.6 is 0 Å². The van der Waals surface area contributed by atoms with Crippen molar-refractivity contribution in [3.8, 4) is 0 Å². The minimum Gasteiger partial charge on any atom is -0.370 e. The van der Waals surface area contributed by atoms with Crippen molar-refractivity contribution in [2.24, 2.45) is 0 Å². The second-order valence-corrected chi connectivity index (χ2v) is 4.75. The molecule has 0 spiro atoms. The largest absolute Gasteiger partial charge is 0.451 e. The van der Waals surface area contributed by atoms with Gasteiger partial charge in [0, 0.05) is 38.8 Å². The Morgan fingerprint density at radius 1 is 1.20 bits per heavy atom. The fraction of sp³-hybridized carbons (Fsp3) is 0.667. The fourth-order valence-corrected chi connectivity index (χ4v) is 2.03. The molecular weight excluding hydrogens is 271 g/mol. The first kappa shape index (κ1) is 14.8. The summed E-state index contributed by atoms with van der Waals surface area (Å²) >= 11 is 0. The van der Waals surface area contributed by atoms with Gasteiger partial charge in [0.15, 0.2) is 0 Å². The summed E-state index contributed by atoms with van der Waals surface area (Å²) in [6.07, 6.45) is -4.53. The Bertz CT molecular complexity index is 455. The van der Waals surface area contributed by atoms with Crippen LogP contribution in [0.25, 0.3) is 0 Å². The Morgan fingerprint density at radius 2 is 1.85 bits per heavy atom. The third kappa shape index (κ3) is 3.50. The van der Waals surface area contributed by atoms with Crippen LogP contribution in [0.2, 0.25) is 0 Å². The summed E-state index contributed by atoms with van der Waals surface area (Å²) in [5, 5.41) is 2.82. The molecule has 2 rings (SSSR count). The second-order valence-electron chi connectivity index (χ2n) is 4.75. The lowest BCUT2D eigenvalue weighted by molar-refractivity contribution is -0.144. The van der Waals surface area contributed by atoms with E-state index in [1.165, 1.54) is 0 Å². The Kier molecular flexibility index (Phi) is 4.32. The van der Waals surface area contributed by atoms with Crippen LogP contribution in [-0.4, -0.2) is 54.6 Å². The molecule has 1 aliphatic rings. The van der Waals surface area contributed by atoms with Crippen LogP contribution in [0.1, 0.15) is 12.7 Å². The van der Waals surface area contributed by atoms with Gasteiger partial charge in [-0.15, -0.1) is 0 Å². The molecule has 0 radical (unpaired) electrons. The molecular formula is C12H18F3N5. The van der Waals surface area contributed by atoms with Gasteiger partial charge >= 0.3 is 6.18 Å². The quantitative estimate of drug-likeness (QED) is 0.917. The van der Waals surface area contributed by atoms with Crippen molar-refractivity contribution in [3.63, 3.8) is 0 Å². The number of likely N-dealkylation sites (N-methyl/N-ethyl adjacent to an activating group) is 1. The van der Waals surface area contributed by atoms with Gasteiger partial charge in [0.1, 0.15) is 11.6 Å². The summed E-state index contributed by atoms with van der Waals surface area (Å²) in [5.41, 5.74) is 0. The Labute approximate surface area is 115 Å². The summed E-state index contributed by atoms with van der Waals surface area (Å²) in [6.45, 7) is 5.26. The molecule has 0 amide bonds. The molecule has 1 aromatic rings. The smallest absolute Gasteiger partial charge is 0.370 e. The number of alkyl halides is 3. The molecule has 20 heavy (non-hydrogen) atoms. The standard InChI is InChI=1S/C12H18F3N5/c1-3-16-9-8-10(18-11(17-9)12(13,14)15)20-6-4-19(2)5-7-20/h8H,3-7H2,1-2H3,(H,16,17,18). The highest BCUT2D eigenvalue weighted by molar-refractivity contribution is 5.50. The number of aromatic nitrogens is 2. The zero-order chi connectivity index (χ0) is 14.8. The second kappa shape index (κ2) is 5.82. The highest BCUT2D eigenvalue weighted by atomic mass is 19.4. The predicted octanol–water partition coefficient (Wildman–Crippen LogP) is 1.68. The molecule has 2 heterocycles. The van der Waals surface area contributed by atoms with Gasteiger partial charge in [-0.1, -0.05) is 0 Å². The molecule has 0 aliphatic carbocycles. The summed E-state index contributed by atoms with van der Waals surface area (Å²) in [5.74, 6) is -0.551. The maximum atomic E-state index is 12.8. The van der Waals surface area contributed by atoms with Crippen LogP contribution in [0.5, 0.6) is 0 Å². The molecule has 0 atom stereocenters. The average molecular weight is 289 g/mol. The number of anilines is 2. The van der Waals surface area contributed by atoms with E-state index in [2.05, 4.69) is 20.2 Å². The Morgan fingerprint density at radius 3 is 2.40 bits per heavy atom. The normalized spacial score (nSPS) is 17.4. The van der Waals surface area contributed by atoms with Crippen molar-refractivity contribution in [1.29, 1.82) is 0 Å². The molecule has 1 saturated heterocycles. The first-order valence-corrected chi connectivity index (χ1v) is 6.54. The van der Waals surface area contributed by atoms with Crippen LogP contribution in [0.4, 0.5) is 24.8 Å². The summed E-state index contributed by atoms with van der Waals surface area (Å²) in [4.78, 5) is 11.2. The van der Waals surface area contributed by atoms with Crippen molar-refractivity contribution in [3.05, 3.63) is 11.9 Å². The van der Waals surface area contributed by atoms with Crippen molar-refractivity contribution >= 4 is 11.6 Å². The third-order valence-electron chi connectivity index (χ3n) is 3.15. The third-order valence-corrected chi connectivity index (χ3v) is 3.15. The molecule has 1 aliphatic heterocycles. The van der Waals surface area contributed by atoms with Gasteiger partial charge < -0.3 is 15.1 Å². The molecule has 0 bridgehead atoms. The molecule has 8 heteroatoms. The minimum absolute atomic E-state index is 0.212. The highest BCUT2D eigenvalue weighted by Gasteiger charge is 2.36.